The fourth-order valence-corrected chi connectivity index (χ4v) is 2.04. The molecule has 4 nitrogen and oxygen atoms in total. The number of nitrogens with one attached hydrogen (secondary N) is 1. The third kappa shape index (κ3) is 3.37. The molecule has 0 bridgehead atoms. The van der Waals surface area contributed by atoms with E-state index in [1.807, 2.05) is 0 Å². The first-order valence-electron chi connectivity index (χ1n) is 6.11. The smallest absolute Gasteiger partial charge is 0.253 e. The molecule has 5 heteroatoms. The summed E-state index contributed by atoms with van der Waals surface area (Å²) in [5.41, 5.74) is 6.64. The average molecular weight is 268 g/mol. The van der Waals surface area contributed by atoms with Gasteiger partial charge in [-0.3, -0.25) is 4.79 Å². The van der Waals surface area contributed by atoms with E-state index in [1.165, 1.54) is 12.8 Å². The minimum Gasteiger partial charge on any atom is -0.398 e. The molecule has 0 spiro atoms. The lowest BCUT2D eigenvalue weighted by Crippen LogP contribution is -2.34. The van der Waals surface area contributed by atoms with E-state index in [4.69, 9.17) is 17.3 Å². The van der Waals surface area contributed by atoms with Crippen LogP contribution in [-0.2, 0) is 0 Å². The maximum absolute atomic E-state index is 11.9. The zero-order valence-electron chi connectivity index (χ0n) is 10.4. The third-order valence-electron chi connectivity index (χ3n) is 3.18. The van der Waals surface area contributed by atoms with Crippen molar-refractivity contribution in [3.8, 4) is 0 Å². The first-order chi connectivity index (χ1) is 8.58. The van der Waals surface area contributed by atoms with Crippen LogP contribution in [0.3, 0.4) is 0 Å². The number of hydrogen-bond acceptors (Lipinski definition) is 3. The van der Waals surface area contributed by atoms with Crippen LogP contribution in [0.5, 0.6) is 0 Å². The number of carbonyl (C=O) groups excluding carboxylic acids is 1. The normalized spacial score (nSPS) is 14.8. The number of halogens is 1. The number of amides is 1. The molecule has 1 fully saturated rings. The molecular weight excluding hydrogens is 250 g/mol. The highest BCUT2D eigenvalue weighted by Crippen LogP contribution is 2.24. The summed E-state index contributed by atoms with van der Waals surface area (Å²) in [6.07, 6.45) is 2.54. The van der Waals surface area contributed by atoms with E-state index in [1.54, 1.807) is 18.2 Å². The summed E-state index contributed by atoms with van der Waals surface area (Å²) in [5, 5.41) is 3.38. The first-order valence-corrected chi connectivity index (χ1v) is 6.49. The molecule has 1 aromatic carbocycles. The van der Waals surface area contributed by atoms with Crippen LogP contribution in [0.4, 0.5) is 5.69 Å². The molecule has 18 heavy (non-hydrogen) atoms. The van der Waals surface area contributed by atoms with Crippen molar-refractivity contribution in [2.75, 3.05) is 25.9 Å². The molecule has 1 aliphatic rings. The number of benzene rings is 1. The Morgan fingerprint density at radius 1 is 1.56 bits per heavy atom. The summed E-state index contributed by atoms with van der Waals surface area (Å²) in [7, 11) is 2.08. The predicted molar refractivity (Wildman–Crippen MR) is 73.8 cm³/mol. The molecule has 0 aromatic heterocycles. The summed E-state index contributed by atoms with van der Waals surface area (Å²) >= 11 is 5.85. The van der Waals surface area contributed by atoms with Crippen molar-refractivity contribution in [2.24, 2.45) is 0 Å². The Morgan fingerprint density at radius 2 is 2.28 bits per heavy atom. The molecule has 3 N–H and O–H groups in total. The fraction of sp³-hybridized carbons (Fsp3) is 0.462. The van der Waals surface area contributed by atoms with Crippen molar-refractivity contribution in [3.63, 3.8) is 0 Å². The first kappa shape index (κ1) is 13.2. The molecule has 1 aromatic rings. The summed E-state index contributed by atoms with van der Waals surface area (Å²) in [6.45, 7) is 1.48. The van der Waals surface area contributed by atoms with Crippen molar-refractivity contribution >= 4 is 23.2 Å². The minimum absolute atomic E-state index is 0.167. The Hall–Kier alpha value is -1.26. The molecule has 1 saturated carbocycles. The number of hydrogen-bond donors (Lipinski definition) is 2. The van der Waals surface area contributed by atoms with Gasteiger partial charge in [-0.2, -0.15) is 0 Å². The van der Waals surface area contributed by atoms with Crippen LogP contribution in [-0.4, -0.2) is 37.0 Å². The van der Waals surface area contributed by atoms with Gasteiger partial charge in [0, 0.05) is 29.8 Å². The Kier molecular flexibility index (Phi) is 4.09. The second kappa shape index (κ2) is 5.59. The van der Waals surface area contributed by atoms with Crippen LogP contribution in [0, 0.1) is 0 Å². The summed E-state index contributed by atoms with van der Waals surface area (Å²) < 4.78 is 0. The van der Waals surface area contributed by atoms with Gasteiger partial charge in [0.25, 0.3) is 5.91 Å². The fourth-order valence-electron chi connectivity index (χ4n) is 1.86. The SMILES string of the molecule is CN(CCNC(=O)c1cc(Cl)ccc1N)C1CC1. The van der Waals surface area contributed by atoms with Crippen LogP contribution < -0.4 is 11.1 Å². The highest BCUT2D eigenvalue weighted by atomic mass is 35.5. The molecule has 0 atom stereocenters. The molecule has 1 aliphatic carbocycles. The third-order valence-corrected chi connectivity index (χ3v) is 3.42. The van der Waals surface area contributed by atoms with Gasteiger partial charge in [-0.25, -0.2) is 0 Å². The van der Waals surface area contributed by atoms with Gasteiger partial charge in [0.15, 0.2) is 0 Å². The Labute approximate surface area is 112 Å². The lowest BCUT2D eigenvalue weighted by atomic mass is 10.1. The van der Waals surface area contributed by atoms with Crippen molar-refractivity contribution in [3.05, 3.63) is 28.8 Å². The van der Waals surface area contributed by atoms with Gasteiger partial charge in [-0.15, -0.1) is 0 Å². The zero-order valence-corrected chi connectivity index (χ0v) is 11.2. The summed E-state index contributed by atoms with van der Waals surface area (Å²) in [4.78, 5) is 14.2. The zero-order chi connectivity index (χ0) is 13.1. The lowest BCUT2D eigenvalue weighted by molar-refractivity contribution is 0.0950. The van der Waals surface area contributed by atoms with E-state index < -0.39 is 0 Å². The second-order valence-electron chi connectivity index (χ2n) is 4.70. The molecule has 1 amide bonds. The topological polar surface area (TPSA) is 58.4 Å². The van der Waals surface area contributed by atoms with Gasteiger partial charge in [0.1, 0.15) is 0 Å². The van der Waals surface area contributed by atoms with Crippen LogP contribution in [0.15, 0.2) is 18.2 Å². The average Bonchev–Trinajstić information content (AvgIpc) is 3.16. The Bertz CT molecular complexity index is 446. The van der Waals surface area contributed by atoms with Crippen molar-refractivity contribution in [1.29, 1.82) is 0 Å². The van der Waals surface area contributed by atoms with Crippen LogP contribution >= 0.6 is 11.6 Å². The molecule has 0 unspecified atom stereocenters. The lowest BCUT2D eigenvalue weighted by Gasteiger charge is -2.16. The van der Waals surface area contributed by atoms with Crippen molar-refractivity contribution < 1.29 is 4.79 Å². The number of anilines is 1. The number of rotatable bonds is 5. The molecule has 98 valence electrons. The van der Waals surface area contributed by atoms with Gasteiger partial charge >= 0.3 is 0 Å². The maximum Gasteiger partial charge on any atom is 0.253 e. The molecule has 0 aliphatic heterocycles. The van der Waals surface area contributed by atoms with Gasteiger partial charge in [0.2, 0.25) is 0 Å². The molecular formula is C13H18ClN3O. The highest BCUT2D eigenvalue weighted by Gasteiger charge is 2.25. The number of nitrogens with two attached hydrogens (primary N) is 1. The standard InChI is InChI=1S/C13H18ClN3O/c1-17(10-3-4-10)7-6-16-13(18)11-8-9(14)2-5-12(11)15/h2,5,8,10H,3-4,6-7,15H2,1H3,(H,16,18). The number of nitrogen functional groups attached to an aromatic ring is 1. The van der Waals surface area contributed by atoms with E-state index in [0.717, 1.165) is 6.54 Å². The quantitative estimate of drug-likeness (QED) is 0.799. The van der Waals surface area contributed by atoms with Gasteiger partial charge in [-0.1, -0.05) is 11.6 Å². The monoisotopic (exact) mass is 267 g/mol. The predicted octanol–water partition coefficient (Wildman–Crippen LogP) is 1.75. The Morgan fingerprint density at radius 3 is 2.94 bits per heavy atom. The van der Waals surface area contributed by atoms with E-state index >= 15 is 0 Å². The largest absolute Gasteiger partial charge is 0.398 e. The van der Waals surface area contributed by atoms with E-state index in [2.05, 4.69) is 17.3 Å². The van der Waals surface area contributed by atoms with E-state index in [9.17, 15) is 4.79 Å². The summed E-state index contributed by atoms with van der Waals surface area (Å²) in [6, 6.07) is 5.62. The molecule has 0 radical (unpaired) electrons. The maximum atomic E-state index is 11.9. The van der Waals surface area contributed by atoms with Gasteiger partial charge in [0.05, 0.1) is 5.56 Å². The number of nitrogens with zero attached hydrogens (tertiary/aromatic N) is 1. The number of likely N-dealkylation sites (N-methyl/N-ethyl adjacent to an activating group) is 1. The van der Waals surface area contributed by atoms with Crippen LogP contribution in [0.25, 0.3) is 0 Å². The highest BCUT2D eigenvalue weighted by molar-refractivity contribution is 6.31. The van der Waals surface area contributed by atoms with Gasteiger partial charge in [-0.05, 0) is 38.1 Å². The van der Waals surface area contributed by atoms with Crippen molar-refractivity contribution in [2.45, 2.75) is 18.9 Å². The molecule has 0 saturated heterocycles. The van der Waals surface area contributed by atoms with Crippen LogP contribution in [0.2, 0.25) is 5.02 Å². The van der Waals surface area contributed by atoms with Crippen LogP contribution in [0.1, 0.15) is 23.2 Å². The molecule has 2 rings (SSSR count). The second-order valence-corrected chi connectivity index (χ2v) is 5.14. The summed E-state index contributed by atoms with van der Waals surface area (Å²) in [5.74, 6) is -0.167. The Balaban J connectivity index is 1.85. The molecule has 0 heterocycles. The van der Waals surface area contributed by atoms with E-state index in [-0.39, 0.29) is 5.91 Å². The van der Waals surface area contributed by atoms with E-state index in [0.29, 0.717) is 28.9 Å². The van der Waals surface area contributed by atoms with Gasteiger partial charge < -0.3 is 16.0 Å². The van der Waals surface area contributed by atoms with Crippen molar-refractivity contribution in [1.82, 2.24) is 10.2 Å². The number of carbonyl (C=O) groups is 1. The minimum atomic E-state index is -0.167.